The van der Waals surface area contributed by atoms with Crippen molar-refractivity contribution in [3.05, 3.63) is 35.7 Å². The molecule has 7 unspecified atom stereocenters. The molecule has 0 radical (unpaired) electrons. The molecule has 7 atom stereocenters. The molecule has 1 saturated carbocycles. The first-order valence-electron chi connectivity index (χ1n) is 10.7. The van der Waals surface area contributed by atoms with Crippen LogP contribution in [0.4, 0.5) is 0 Å². The Balaban J connectivity index is 1.29. The molecule has 1 N–H and O–H groups in total. The van der Waals surface area contributed by atoms with Crippen molar-refractivity contribution in [1.82, 2.24) is 4.98 Å². The maximum absolute atomic E-state index is 12.5. The Hall–Kier alpha value is -1.63. The van der Waals surface area contributed by atoms with Gasteiger partial charge in [-0.3, -0.25) is 0 Å². The molecule has 1 aromatic rings. The van der Waals surface area contributed by atoms with Gasteiger partial charge >= 0.3 is 5.97 Å². The highest BCUT2D eigenvalue weighted by molar-refractivity contribution is 5.87. The van der Waals surface area contributed by atoms with Gasteiger partial charge in [0.2, 0.25) is 0 Å². The molecule has 3 saturated heterocycles. The van der Waals surface area contributed by atoms with E-state index in [4.69, 9.17) is 18.9 Å². The predicted octanol–water partition coefficient (Wildman–Crippen LogP) is 3.00. The maximum Gasteiger partial charge on any atom is 0.355 e. The Bertz CT molecular complexity index is 789. The first kappa shape index (κ1) is 17.2. The molecular weight excluding hydrogens is 358 g/mol. The van der Waals surface area contributed by atoms with Gasteiger partial charge in [0, 0.05) is 37.7 Å². The van der Waals surface area contributed by atoms with Gasteiger partial charge in [-0.05, 0) is 49.8 Å². The number of carbonyl (C=O) groups excluding carboxylic acids is 1. The van der Waals surface area contributed by atoms with E-state index in [0.29, 0.717) is 17.7 Å². The van der Waals surface area contributed by atoms with E-state index in [1.807, 2.05) is 6.07 Å². The molecule has 2 aliphatic carbocycles. The third-order valence-corrected chi connectivity index (χ3v) is 7.36. The SMILES string of the molecule is O=C(OC1CC=C2C3C1OC21CCCCOCCCC1C1OC13)c1ccc[nH]1. The largest absolute Gasteiger partial charge is 0.455 e. The van der Waals surface area contributed by atoms with Crippen molar-refractivity contribution in [3.8, 4) is 0 Å². The second kappa shape index (κ2) is 6.44. The van der Waals surface area contributed by atoms with Crippen LogP contribution in [0, 0.1) is 11.8 Å². The van der Waals surface area contributed by atoms with E-state index in [9.17, 15) is 4.79 Å². The molecule has 0 aromatic carbocycles. The van der Waals surface area contributed by atoms with Crippen LogP contribution in [0.2, 0.25) is 0 Å². The number of rotatable bonds is 2. The second-order valence-electron chi connectivity index (χ2n) is 8.80. The normalized spacial score (nSPS) is 44.1. The van der Waals surface area contributed by atoms with Crippen LogP contribution < -0.4 is 0 Å². The van der Waals surface area contributed by atoms with Crippen LogP contribution >= 0.6 is 0 Å². The van der Waals surface area contributed by atoms with E-state index in [0.717, 1.165) is 51.7 Å². The van der Waals surface area contributed by atoms with Gasteiger partial charge < -0.3 is 23.9 Å². The van der Waals surface area contributed by atoms with Gasteiger partial charge in [-0.15, -0.1) is 0 Å². The molecule has 5 aliphatic rings. The van der Waals surface area contributed by atoms with Crippen molar-refractivity contribution < 1.29 is 23.7 Å². The summed E-state index contributed by atoms with van der Waals surface area (Å²) in [7, 11) is 0. The minimum absolute atomic E-state index is 0.0851. The van der Waals surface area contributed by atoms with Gasteiger partial charge in [-0.2, -0.15) is 0 Å². The first-order chi connectivity index (χ1) is 13.8. The standard InChI is InChI=1S/C22H27NO5/c24-21(15-6-3-10-23-15)26-16-8-7-13-17-19(16)28-22(13)9-1-2-11-25-12-4-5-14(22)18-20(17)27-18/h3,6-7,10,14,16-20,23H,1-2,4-5,8-9,11-12H2. The number of hydrogen-bond donors (Lipinski definition) is 1. The van der Waals surface area contributed by atoms with Crippen LogP contribution in [0.3, 0.4) is 0 Å². The van der Waals surface area contributed by atoms with Gasteiger partial charge in [-0.25, -0.2) is 4.79 Å². The number of aromatic nitrogens is 1. The quantitative estimate of drug-likeness (QED) is 0.481. The Kier molecular flexibility index (Phi) is 3.97. The Labute approximate surface area is 164 Å². The lowest BCUT2D eigenvalue weighted by molar-refractivity contribution is -0.121. The topological polar surface area (TPSA) is 73.1 Å². The molecule has 4 heterocycles. The minimum Gasteiger partial charge on any atom is -0.455 e. The number of nitrogens with one attached hydrogen (secondary N) is 1. The number of epoxide rings is 1. The zero-order chi connectivity index (χ0) is 18.7. The molecule has 4 bridgehead atoms. The van der Waals surface area contributed by atoms with Gasteiger partial charge in [0.25, 0.3) is 0 Å². The van der Waals surface area contributed by atoms with Crippen molar-refractivity contribution in [2.45, 2.75) is 68.5 Å². The molecule has 28 heavy (non-hydrogen) atoms. The summed E-state index contributed by atoms with van der Waals surface area (Å²) >= 11 is 0. The van der Waals surface area contributed by atoms with Crippen LogP contribution in [0.5, 0.6) is 0 Å². The number of fused-ring (bicyclic) bond motifs is 2. The molecule has 6 heteroatoms. The summed E-state index contributed by atoms with van der Waals surface area (Å²) in [6, 6.07) is 3.56. The van der Waals surface area contributed by atoms with Crippen molar-refractivity contribution in [1.29, 1.82) is 0 Å². The molecule has 6 rings (SSSR count). The molecule has 6 nitrogen and oxygen atoms in total. The fourth-order valence-corrected chi connectivity index (χ4v) is 6.17. The van der Waals surface area contributed by atoms with Crippen LogP contribution in [-0.2, 0) is 18.9 Å². The maximum atomic E-state index is 12.5. The van der Waals surface area contributed by atoms with Crippen LogP contribution in [0.1, 0.15) is 49.0 Å². The zero-order valence-corrected chi connectivity index (χ0v) is 16.0. The lowest BCUT2D eigenvalue weighted by Gasteiger charge is -2.40. The van der Waals surface area contributed by atoms with Gasteiger partial charge in [-0.1, -0.05) is 6.08 Å². The fraction of sp³-hybridized carbons (Fsp3) is 0.682. The summed E-state index contributed by atoms with van der Waals surface area (Å²) in [5.41, 5.74) is 1.71. The highest BCUT2D eigenvalue weighted by Crippen LogP contribution is 2.64. The van der Waals surface area contributed by atoms with Gasteiger partial charge in [0.15, 0.2) is 0 Å². The summed E-state index contributed by atoms with van der Waals surface area (Å²) in [5.74, 6) is 0.336. The molecule has 4 fully saturated rings. The molecule has 1 spiro atoms. The number of ether oxygens (including phenoxy) is 4. The molecule has 1 aromatic heterocycles. The lowest BCUT2D eigenvalue weighted by atomic mass is 9.63. The average molecular weight is 385 g/mol. The summed E-state index contributed by atoms with van der Waals surface area (Å²) in [4.78, 5) is 15.5. The summed E-state index contributed by atoms with van der Waals surface area (Å²) in [6.07, 6.45) is 10.3. The lowest BCUT2D eigenvalue weighted by Crippen LogP contribution is -2.46. The van der Waals surface area contributed by atoms with E-state index >= 15 is 0 Å². The Morgan fingerprint density at radius 2 is 2.11 bits per heavy atom. The van der Waals surface area contributed by atoms with Crippen LogP contribution in [0.15, 0.2) is 30.0 Å². The van der Waals surface area contributed by atoms with Gasteiger partial charge in [0.05, 0.1) is 17.8 Å². The molecule has 3 aliphatic heterocycles. The number of aromatic amines is 1. The average Bonchev–Trinajstić information content (AvgIpc) is 3.23. The Morgan fingerprint density at radius 1 is 1.18 bits per heavy atom. The fourth-order valence-electron chi connectivity index (χ4n) is 6.17. The smallest absolute Gasteiger partial charge is 0.355 e. The number of carbonyl (C=O) groups is 1. The Morgan fingerprint density at radius 3 is 3.00 bits per heavy atom. The molecule has 0 amide bonds. The minimum atomic E-state index is -0.303. The highest BCUT2D eigenvalue weighted by Gasteiger charge is 2.72. The van der Waals surface area contributed by atoms with Crippen molar-refractivity contribution in [2.75, 3.05) is 13.2 Å². The zero-order valence-electron chi connectivity index (χ0n) is 16.0. The van der Waals surface area contributed by atoms with Crippen molar-refractivity contribution >= 4 is 5.97 Å². The molecule has 150 valence electrons. The van der Waals surface area contributed by atoms with E-state index in [1.54, 1.807) is 12.3 Å². The number of H-pyrrole nitrogens is 1. The summed E-state index contributed by atoms with van der Waals surface area (Å²) in [6.45, 7) is 1.66. The number of esters is 1. The predicted molar refractivity (Wildman–Crippen MR) is 99.8 cm³/mol. The van der Waals surface area contributed by atoms with Crippen LogP contribution in [-0.4, -0.2) is 54.2 Å². The van der Waals surface area contributed by atoms with E-state index in [2.05, 4.69) is 11.1 Å². The van der Waals surface area contributed by atoms with E-state index in [-0.39, 0.29) is 35.8 Å². The first-order valence-corrected chi connectivity index (χ1v) is 10.7. The highest BCUT2D eigenvalue weighted by atomic mass is 16.6. The van der Waals surface area contributed by atoms with E-state index in [1.165, 1.54) is 5.57 Å². The van der Waals surface area contributed by atoms with E-state index < -0.39 is 0 Å². The monoisotopic (exact) mass is 385 g/mol. The van der Waals surface area contributed by atoms with Crippen molar-refractivity contribution in [3.63, 3.8) is 0 Å². The third-order valence-electron chi connectivity index (χ3n) is 7.36. The summed E-state index contributed by atoms with van der Waals surface area (Å²) < 4.78 is 24.7. The summed E-state index contributed by atoms with van der Waals surface area (Å²) in [5, 5.41) is 0. The van der Waals surface area contributed by atoms with Crippen molar-refractivity contribution in [2.24, 2.45) is 11.8 Å². The molecular formula is C22H27NO5. The second-order valence-corrected chi connectivity index (χ2v) is 8.80. The number of hydrogen-bond acceptors (Lipinski definition) is 5. The van der Waals surface area contributed by atoms with Gasteiger partial charge in [0.1, 0.15) is 17.9 Å². The third kappa shape index (κ3) is 2.47. The van der Waals surface area contributed by atoms with Crippen LogP contribution in [0.25, 0.3) is 0 Å².